The number of nitrogen functional groups attached to an aromatic ring is 1. The maximum absolute atomic E-state index is 12.9. The molecule has 2 aromatic carbocycles. The van der Waals surface area contributed by atoms with Gasteiger partial charge < -0.3 is 10.6 Å². The zero-order chi connectivity index (χ0) is 14.8. The van der Waals surface area contributed by atoms with Crippen LogP contribution in [0, 0.1) is 0 Å². The number of aryl methyl sites for hydroxylation is 1. The fourth-order valence-electron chi connectivity index (χ4n) is 2.97. The van der Waals surface area contributed by atoms with Gasteiger partial charge >= 0.3 is 0 Å². The number of carbonyl (C=O) groups excluding carboxylic acids is 1. The molecule has 108 valence electrons. The normalized spacial score (nSPS) is 15.4. The molecule has 1 aliphatic rings. The van der Waals surface area contributed by atoms with Gasteiger partial charge in [0.25, 0.3) is 0 Å². The molecule has 0 saturated carbocycles. The van der Waals surface area contributed by atoms with Gasteiger partial charge in [0.05, 0.1) is 5.92 Å². The lowest BCUT2D eigenvalue weighted by Gasteiger charge is -2.31. The van der Waals surface area contributed by atoms with Gasteiger partial charge in [0, 0.05) is 17.9 Å². The van der Waals surface area contributed by atoms with Gasteiger partial charge in [0.2, 0.25) is 5.91 Å². The molecule has 0 spiro atoms. The van der Waals surface area contributed by atoms with E-state index < -0.39 is 0 Å². The highest BCUT2D eigenvalue weighted by Gasteiger charge is 2.26. The van der Waals surface area contributed by atoms with Gasteiger partial charge in [-0.05, 0) is 49.1 Å². The first-order valence-electron chi connectivity index (χ1n) is 7.41. The highest BCUT2D eigenvalue weighted by atomic mass is 16.2. The van der Waals surface area contributed by atoms with Crippen molar-refractivity contribution in [2.75, 3.05) is 17.2 Å². The van der Waals surface area contributed by atoms with Crippen molar-refractivity contribution < 1.29 is 4.79 Å². The van der Waals surface area contributed by atoms with E-state index in [2.05, 4.69) is 6.07 Å². The van der Waals surface area contributed by atoms with Crippen molar-refractivity contribution in [1.29, 1.82) is 0 Å². The van der Waals surface area contributed by atoms with Crippen molar-refractivity contribution >= 4 is 17.3 Å². The largest absolute Gasteiger partial charge is 0.399 e. The molecule has 3 heteroatoms. The molecule has 1 heterocycles. The number of rotatable bonds is 2. The van der Waals surface area contributed by atoms with Crippen molar-refractivity contribution in [3.05, 3.63) is 59.7 Å². The van der Waals surface area contributed by atoms with Gasteiger partial charge in [-0.3, -0.25) is 4.79 Å². The van der Waals surface area contributed by atoms with E-state index in [0.717, 1.165) is 30.6 Å². The molecule has 1 atom stereocenters. The third kappa shape index (κ3) is 2.64. The molecule has 1 aliphatic heterocycles. The summed E-state index contributed by atoms with van der Waals surface area (Å²) >= 11 is 0. The molecular weight excluding hydrogens is 260 g/mol. The molecular formula is C18H20N2O. The van der Waals surface area contributed by atoms with Gasteiger partial charge in [-0.25, -0.2) is 0 Å². The zero-order valence-electron chi connectivity index (χ0n) is 12.3. The van der Waals surface area contributed by atoms with E-state index in [-0.39, 0.29) is 11.8 Å². The van der Waals surface area contributed by atoms with Gasteiger partial charge in [-0.2, -0.15) is 0 Å². The molecule has 0 saturated heterocycles. The molecule has 0 aliphatic carbocycles. The molecule has 3 nitrogen and oxygen atoms in total. The van der Waals surface area contributed by atoms with Crippen molar-refractivity contribution in [1.82, 2.24) is 0 Å². The number of carbonyl (C=O) groups is 1. The molecule has 0 radical (unpaired) electrons. The van der Waals surface area contributed by atoms with E-state index in [0.29, 0.717) is 5.69 Å². The van der Waals surface area contributed by atoms with Crippen molar-refractivity contribution in [2.24, 2.45) is 0 Å². The molecule has 3 rings (SSSR count). The van der Waals surface area contributed by atoms with Crippen molar-refractivity contribution in [2.45, 2.75) is 25.7 Å². The first-order valence-corrected chi connectivity index (χ1v) is 7.41. The highest BCUT2D eigenvalue weighted by molar-refractivity contribution is 5.98. The number of hydrogen-bond acceptors (Lipinski definition) is 2. The Morgan fingerprint density at radius 1 is 1.19 bits per heavy atom. The summed E-state index contributed by atoms with van der Waals surface area (Å²) in [5, 5.41) is 0. The molecule has 1 unspecified atom stereocenters. The third-order valence-electron chi connectivity index (χ3n) is 4.16. The predicted octanol–water partition coefficient (Wildman–Crippen LogP) is 3.35. The van der Waals surface area contributed by atoms with E-state index in [1.165, 1.54) is 5.56 Å². The summed E-state index contributed by atoms with van der Waals surface area (Å²) in [7, 11) is 0. The number of nitrogens with zero attached hydrogens (tertiary/aromatic N) is 1. The molecule has 1 amide bonds. The summed E-state index contributed by atoms with van der Waals surface area (Å²) in [6, 6.07) is 15.8. The van der Waals surface area contributed by atoms with Crippen LogP contribution in [0.5, 0.6) is 0 Å². The van der Waals surface area contributed by atoms with E-state index >= 15 is 0 Å². The number of hydrogen-bond donors (Lipinski definition) is 1. The maximum atomic E-state index is 12.9. The lowest BCUT2D eigenvalue weighted by molar-refractivity contribution is -0.119. The summed E-state index contributed by atoms with van der Waals surface area (Å²) in [6.07, 6.45) is 2.07. The second-order valence-electron chi connectivity index (χ2n) is 5.61. The summed E-state index contributed by atoms with van der Waals surface area (Å²) in [4.78, 5) is 14.8. The molecule has 2 aromatic rings. The van der Waals surface area contributed by atoms with Crippen LogP contribution in [0.15, 0.2) is 48.5 Å². The van der Waals surface area contributed by atoms with E-state index in [9.17, 15) is 4.79 Å². The fraction of sp³-hybridized carbons (Fsp3) is 0.278. The minimum atomic E-state index is -0.181. The molecule has 0 aromatic heterocycles. The van der Waals surface area contributed by atoms with E-state index in [4.69, 9.17) is 5.73 Å². The van der Waals surface area contributed by atoms with Gasteiger partial charge in [0.15, 0.2) is 0 Å². The second kappa shape index (κ2) is 5.60. The fourth-order valence-corrected chi connectivity index (χ4v) is 2.97. The predicted molar refractivity (Wildman–Crippen MR) is 86.4 cm³/mol. The summed E-state index contributed by atoms with van der Waals surface area (Å²) in [5.74, 6) is -0.0348. The first kappa shape index (κ1) is 13.7. The molecule has 21 heavy (non-hydrogen) atoms. The average molecular weight is 280 g/mol. The number of amides is 1. The van der Waals surface area contributed by atoms with E-state index in [1.807, 2.05) is 54.3 Å². The standard InChI is InChI=1S/C18H20N2O/c1-13(15-7-4-9-16(19)12-15)18(21)20-11-5-8-14-6-2-3-10-17(14)20/h2-4,6-7,9-10,12-13H,5,8,11,19H2,1H3. The van der Waals surface area contributed by atoms with Crippen LogP contribution in [0.25, 0.3) is 0 Å². The average Bonchev–Trinajstić information content (AvgIpc) is 2.53. The van der Waals surface area contributed by atoms with Crippen LogP contribution in [0.2, 0.25) is 0 Å². The third-order valence-corrected chi connectivity index (χ3v) is 4.16. The quantitative estimate of drug-likeness (QED) is 0.857. The Morgan fingerprint density at radius 2 is 2.00 bits per heavy atom. The van der Waals surface area contributed by atoms with Gasteiger partial charge in [-0.15, -0.1) is 0 Å². The number of fused-ring (bicyclic) bond motifs is 1. The SMILES string of the molecule is CC(C(=O)N1CCCc2ccccc21)c1cccc(N)c1. The minimum Gasteiger partial charge on any atom is -0.399 e. The smallest absolute Gasteiger partial charge is 0.234 e. The van der Waals surface area contributed by atoms with Crippen LogP contribution in [-0.2, 0) is 11.2 Å². The minimum absolute atomic E-state index is 0.146. The Bertz CT molecular complexity index is 666. The Hall–Kier alpha value is -2.29. The van der Waals surface area contributed by atoms with Crippen LogP contribution < -0.4 is 10.6 Å². The maximum Gasteiger partial charge on any atom is 0.234 e. The first-order chi connectivity index (χ1) is 10.2. The zero-order valence-corrected chi connectivity index (χ0v) is 12.3. The Balaban J connectivity index is 1.89. The molecule has 0 fully saturated rings. The molecule has 2 N–H and O–H groups in total. The number of benzene rings is 2. The summed E-state index contributed by atoms with van der Waals surface area (Å²) in [5.41, 5.74) is 9.82. The monoisotopic (exact) mass is 280 g/mol. The number of nitrogens with two attached hydrogens (primary N) is 1. The topological polar surface area (TPSA) is 46.3 Å². The van der Waals surface area contributed by atoms with Gasteiger partial charge in [-0.1, -0.05) is 30.3 Å². The summed E-state index contributed by atoms with van der Waals surface area (Å²) < 4.78 is 0. The summed E-state index contributed by atoms with van der Waals surface area (Å²) in [6.45, 7) is 2.75. The van der Waals surface area contributed by atoms with Crippen molar-refractivity contribution in [3.8, 4) is 0 Å². The second-order valence-corrected chi connectivity index (χ2v) is 5.61. The van der Waals surface area contributed by atoms with E-state index in [1.54, 1.807) is 0 Å². The lowest BCUT2D eigenvalue weighted by atomic mass is 9.96. The van der Waals surface area contributed by atoms with Crippen LogP contribution in [0.4, 0.5) is 11.4 Å². The molecule has 0 bridgehead atoms. The Kier molecular flexibility index (Phi) is 3.65. The van der Waals surface area contributed by atoms with Gasteiger partial charge in [0.1, 0.15) is 0 Å². The van der Waals surface area contributed by atoms with Crippen LogP contribution in [-0.4, -0.2) is 12.5 Å². The van der Waals surface area contributed by atoms with Crippen LogP contribution in [0.1, 0.15) is 30.4 Å². The van der Waals surface area contributed by atoms with Crippen LogP contribution in [0.3, 0.4) is 0 Å². The number of para-hydroxylation sites is 1. The lowest BCUT2D eigenvalue weighted by Crippen LogP contribution is -2.38. The number of anilines is 2. The Morgan fingerprint density at radius 3 is 2.81 bits per heavy atom. The Labute approximate surface area is 125 Å². The highest BCUT2D eigenvalue weighted by Crippen LogP contribution is 2.30. The van der Waals surface area contributed by atoms with Crippen molar-refractivity contribution in [3.63, 3.8) is 0 Å². The van der Waals surface area contributed by atoms with Crippen LogP contribution >= 0.6 is 0 Å².